The summed E-state index contributed by atoms with van der Waals surface area (Å²) in [6.07, 6.45) is 1.84. The second-order valence-electron chi connectivity index (χ2n) is 6.21. The number of carbonyl (C=O) groups is 1. The second kappa shape index (κ2) is 6.46. The number of benzene rings is 2. The summed E-state index contributed by atoms with van der Waals surface area (Å²) in [4.78, 5) is 14.9. The van der Waals surface area contributed by atoms with Crippen molar-refractivity contribution in [2.24, 2.45) is 0 Å². The number of nitrogens with one attached hydrogen (secondary N) is 1. The predicted octanol–water partition coefficient (Wildman–Crippen LogP) is 4.09. The maximum atomic E-state index is 13.1. The number of para-hydroxylation sites is 1. The summed E-state index contributed by atoms with van der Waals surface area (Å²) in [7, 11) is 0. The van der Waals surface area contributed by atoms with Gasteiger partial charge in [0.05, 0.1) is 11.7 Å². The summed E-state index contributed by atoms with van der Waals surface area (Å²) >= 11 is 6.41. The Hall–Kier alpha value is -2.04. The van der Waals surface area contributed by atoms with E-state index in [1.165, 1.54) is 0 Å². The van der Waals surface area contributed by atoms with Crippen molar-refractivity contribution >= 4 is 23.2 Å². The van der Waals surface area contributed by atoms with E-state index in [9.17, 15) is 4.79 Å². The SMILES string of the molecule is O=C1c2ccccc2N[C@H](c2ccccc2Cl)N1C[C@H]1CCCO1. The highest BCUT2D eigenvalue weighted by atomic mass is 35.5. The molecular formula is C19H19ClN2O2. The average molecular weight is 343 g/mol. The molecule has 24 heavy (non-hydrogen) atoms. The molecule has 2 aliphatic rings. The van der Waals surface area contributed by atoms with Crippen LogP contribution in [-0.4, -0.2) is 30.1 Å². The molecule has 124 valence electrons. The summed E-state index contributed by atoms with van der Waals surface area (Å²) in [5.74, 6) is 0.0183. The Balaban J connectivity index is 1.73. The Morgan fingerprint density at radius 3 is 2.75 bits per heavy atom. The van der Waals surface area contributed by atoms with Gasteiger partial charge in [-0.25, -0.2) is 0 Å². The van der Waals surface area contributed by atoms with Gasteiger partial charge in [-0.05, 0) is 31.0 Å². The summed E-state index contributed by atoms with van der Waals surface area (Å²) in [6, 6.07) is 15.3. The number of fused-ring (bicyclic) bond motifs is 1. The van der Waals surface area contributed by atoms with E-state index in [4.69, 9.17) is 16.3 Å². The number of ether oxygens (including phenoxy) is 1. The number of hydrogen-bond donors (Lipinski definition) is 1. The van der Waals surface area contributed by atoms with Gasteiger partial charge >= 0.3 is 0 Å². The second-order valence-corrected chi connectivity index (χ2v) is 6.61. The summed E-state index contributed by atoms with van der Waals surface area (Å²) in [5.41, 5.74) is 2.44. The minimum absolute atomic E-state index is 0.0183. The van der Waals surface area contributed by atoms with Gasteiger partial charge in [0, 0.05) is 29.4 Å². The molecule has 0 radical (unpaired) electrons. The molecule has 1 fully saturated rings. The molecule has 0 saturated carbocycles. The van der Waals surface area contributed by atoms with Gasteiger partial charge in [-0.15, -0.1) is 0 Å². The summed E-state index contributed by atoms with van der Waals surface area (Å²) in [5, 5.41) is 4.13. The highest BCUT2D eigenvalue weighted by Crippen LogP contribution is 2.36. The first-order valence-electron chi connectivity index (χ1n) is 8.26. The van der Waals surface area contributed by atoms with Crippen LogP contribution in [0.4, 0.5) is 5.69 Å². The first-order chi connectivity index (χ1) is 11.7. The molecule has 2 atom stereocenters. The Morgan fingerprint density at radius 2 is 1.96 bits per heavy atom. The first-order valence-corrected chi connectivity index (χ1v) is 8.64. The van der Waals surface area contributed by atoms with E-state index in [0.29, 0.717) is 17.1 Å². The Kier molecular flexibility index (Phi) is 4.17. The van der Waals surface area contributed by atoms with Gasteiger partial charge in [0.25, 0.3) is 5.91 Å². The number of amides is 1. The van der Waals surface area contributed by atoms with Crippen LogP contribution in [0.25, 0.3) is 0 Å². The fourth-order valence-electron chi connectivity index (χ4n) is 3.43. The molecule has 2 aliphatic heterocycles. The monoisotopic (exact) mass is 342 g/mol. The van der Waals surface area contributed by atoms with Crippen molar-refractivity contribution in [2.75, 3.05) is 18.5 Å². The van der Waals surface area contributed by atoms with E-state index < -0.39 is 0 Å². The quantitative estimate of drug-likeness (QED) is 0.913. The molecule has 1 amide bonds. The third-order valence-corrected chi connectivity index (χ3v) is 4.99. The normalized spacial score (nSPS) is 23.0. The molecule has 2 aromatic rings. The van der Waals surface area contributed by atoms with Gasteiger partial charge in [-0.3, -0.25) is 4.79 Å². The molecule has 5 heteroatoms. The van der Waals surface area contributed by atoms with Crippen LogP contribution in [0, 0.1) is 0 Å². The molecule has 0 aliphatic carbocycles. The molecule has 4 nitrogen and oxygen atoms in total. The lowest BCUT2D eigenvalue weighted by molar-refractivity contribution is 0.0427. The lowest BCUT2D eigenvalue weighted by Gasteiger charge is -2.39. The van der Waals surface area contributed by atoms with Crippen LogP contribution >= 0.6 is 11.6 Å². The molecule has 1 N–H and O–H groups in total. The lowest BCUT2D eigenvalue weighted by Crippen LogP contribution is -2.46. The molecule has 2 aromatic carbocycles. The zero-order chi connectivity index (χ0) is 16.5. The van der Waals surface area contributed by atoms with Gasteiger partial charge in [0.1, 0.15) is 6.17 Å². The van der Waals surface area contributed by atoms with E-state index in [1.807, 2.05) is 53.4 Å². The number of nitrogens with zero attached hydrogens (tertiary/aromatic N) is 1. The summed E-state index contributed by atoms with van der Waals surface area (Å²) < 4.78 is 5.75. The Morgan fingerprint density at radius 1 is 1.17 bits per heavy atom. The van der Waals surface area contributed by atoms with Gasteiger partial charge in [-0.1, -0.05) is 41.9 Å². The fraction of sp³-hybridized carbons (Fsp3) is 0.316. The molecule has 0 bridgehead atoms. The highest BCUT2D eigenvalue weighted by Gasteiger charge is 2.35. The standard InChI is InChI=1S/C19H19ClN2O2/c20-16-9-3-1-7-14(16)18-21-17-10-4-2-8-15(17)19(23)22(18)12-13-6-5-11-24-13/h1-4,7-10,13,18,21H,5-6,11-12H2/t13-,18+/m1/s1. The highest BCUT2D eigenvalue weighted by molar-refractivity contribution is 6.31. The van der Waals surface area contributed by atoms with E-state index >= 15 is 0 Å². The average Bonchev–Trinajstić information content (AvgIpc) is 3.11. The van der Waals surface area contributed by atoms with Crippen molar-refractivity contribution in [2.45, 2.75) is 25.1 Å². The van der Waals surface area contributed by atoms with E-state index in [-0.39, 0.29) is 18.2 Å². The molecule has 0 aromatic heterocycles. The van der Waals surface area contributed by atoms with Gasteiger partial charge in [0.15, 0.2) is 0 Å². The Bertz CT molecular complexity index is 759. The van der Waals surface area contributed by atoms with E-state index in [1.54, 1.807) is 0 Å². The fourth-order valence-corrected chi connectivity index (χ4v) is 3.67. The van der Waals surface area contributed by atoms with Crippen LogP contribution in [0.3, 0.4) is 0 Å². The van der Waals surface area contributed by atoms with Crippen molar-refractivity contribution in [1.82, 2.24) is 4.90 Å². The molecule has 4 rings (SSSR count). The van der Waals surface area contributed by atoms with Crippen molar-refractivity contribution in [3.8, 4) is 0 Å². The molecule has 2 heterocycles. The Labute approximate surface area is 146 Å². The van der Waals surface area contributed by atoms with E-state index in [0.717, 1.165) is 30.7 Å². The number of halogens is 1. The molecule has 1 saturated heterocycles. The largest absolute Gasteiger partial charge is 0.376 e. The zero-order valence-corrected chi connectivity index (χ0v) is 14.0. The zero-order valence-electron chi connectivity index (χ0n) is 13.2. The number of carbonyl (C=O) groups excluding carboxylic acids is 1. The predicted molar refractivity (Wildman–Crippen MR) is 94.3 cm³/mol. The maximum absolute atomic E-state index is 13.1. The third-order valence-electron chi connectivity index (χ3n) is 4.65. The minimum atomic E-state index is -0.287. The third kappa shape index (κ3) is 2.76. The number of hydrogen-bond acceptors (Lipinski definition) is 3. The van der Waals surface area contributed by atoms with Crippen molar-refractivity contribution in [1.29, 1.82) is 0 Å². The van der Waals surface area contributed by atoms with Gasteiger partial charge < -0.3 is 15.0 Å². The van der Waals surface area contributed by atoms with Gasteiger partial charge in [0.2, 0.25) is 0 Å². The first kappa shape index (κ1) is 15.5. The smallest absolute Gasteiger partial charge is 0.257 e. The summed E-state index contributed by atoms with van der Waals surface area (Å²) in [6.45, 7) is 1.34. The van der Waals surface area contributed by atoms with Crippen LogP contribution in [0.2, 0.25) is 5.02 Å². The van der Waals surface area contributed by atoms with Crippen LogP contribution < -0.4 is 5.32 Å². The van der Waals surface area contributed by atoms with Crippen LogP contribution in [-0.2, 0) is 4.74 Å². The topological polar surface area (TPSA) is 41.6 Å². The maximum Gasteiger partial charge on any atom is 0.257 e. The van der Waals surface area contributed by atoms with Crippen LogP contribution in [0.15, 0.2) is 48.5 Å². The number of rotatable bonds is 3. The van der Waals surface area contributed by atoms with E-state index in [2.05, 4.69) is 5.32 Å². The molecular weight excluding hydrogens is 324 g/mol. The lowest BCUT2D eigenvalue weighted by atomic mass is 10.0. The van der Waals surface area contributed by atoms with Crippen molar-refractivity contribution in [3.63, 3.8) is 0 Å². The van der Waals surface area contributed by atoms with Crippen LogP contribution in [0.1, 0.15) is 34.9 Å². The van der Waals surface area contributed by atoms with Crippen molar-refractivity contribution in [3.05, 3.63) is 64.7 Å². The van der Waals surface area contributed by atoms with Crippen molar-refractivity contribution < 1.29 is 9.53 Å². The number of anilines is 1. The van der Waals surface area contributed by atoms with Crippen LogP contribution in [0.5, 0.6) is 0 Å². The molecule has 0 unspecified atom stereocenters. The molecule has 0 spiro atoms. The minimum Gasteiger partial charge on any atom is -0.376 e. The van der Waals surface area contributed by atoms with Gasteiger partial charge in [-0.2, -0.15) is 0 Å².